The lowest BCUT2D eigenvalue weighted by molar-refractivity contribution is 0.103. The second kappa shape index (κ2) is 11.0. The zero-order valence-electron chi connectivity index (χ0n) is 22.7. The fraction of sp³-hybridized carbons (Fsp3) is 0.267. The Morgan fingerprint density at radius 1 is 1.23 bits per heavy atom. The van der Waals surface area contributed by atoms with Gasteiger partial charge in [-0.15, -0.1) is 11.3 Å². The number of thiophene rings is 1. The molecule has 3 amide bonds. The highest BCUT2D eigenvalue weighted by Gasteiger charge is 2.38. The predicted molar refractivity (Wildman–Crippen MR) is 163 cm³/mol. The Balaban J connectivity index is 1.20. The van der Waals surface area contributed by atoms with Crippen LogP contribution in [0.3, 0.4) is 0 Å². The fourth-order valence-electron chi connectivity index (χ4n) is 5.85. The van der Waals surface area contributed by atoms with E-state index in [0.717, 1.165) is 49.4 Å². The first-order valence-corrected chi connectivity index (χ1v) is 14.9. The minimum atomic E-state index is -0.611. The van der Waals surface area contributed by atoms with E-state index in [1.807, 2.05) is 24.3 Å². The predicted octanol–water partition coefficient (Wildman–Crippen LogP) is 5.69. The minimum Gasteiger partial charge on any atom is -0.454 e. The smallest absolute Gasteiger partial charge is 0.331 e. The first-order valence-electron chi connectivity index (χ1n) is 13.7. The molecule has 1 unspecified atom stereocenters. The van der Waals surface area contributed by atoms with Gasteiger partial charge in [0.15, 0.2) is 11.5 Å². The van der Waals surface area contributed by atoms with E-state index in [1.165, 1.54) is 11.1 Å². The Hall–Kier alpha value is -4.41. The van der Waals surface area contributed by atoms with Crippen LogP contribution in [-0.4, -0.2) is 53.4 Å². The number of likely N-dealkylation sites (tertiary alicyclic amines) is 1. The van der Waals surface area contributed by atoms with Crippen molar-refractivity contribution in [3.05, 3.63) is 63.6 Å². The summed E-state index contributed by atoms with van der Waals surface area (Å²) in [6.07, 6.45) is 3.50. The molecule has 0 saturated carbocycles. The maximum Gasteiger partial charge on any atom is 0.331 e. The number of aliphatic hydroxyl groups is 1. The van der Waals surface area contributed by atoms with Gasteiger partial charge in [-0.1, -0.05) is 23.7 Å². The summed E-state index contributed by atoms with van der Waals surface area (Å²) in [6, 6.07) is 12.4. The summed E-state index contributed by atoms with van der Waals surface area (Å²) < 4.78 is 11.1. The summed E-state index contributed by atoms with van der Waals surface area (Å²) in [5.41, 5.74) is 2.62. The lowest BCUT2D eigenvalue weighted by Gasteiger charge is -2.31. The van der Waals surface area contributed by atoms with Crippen molar-refractivity contribution in [2.24, 2.45) is 5.92 Å². The summed E-state index contributed by atoms with van der Waals surface area (Å²) in [7, 11) is 0. The number of ether oxygens (including phenoxy) is 2. The molecule has 43 heavy (non-hydrogen) atoms. The molecule has 13 heteroatoms. The van der Waals surface area contributed by atoms with Crippen molar-refractivity contribution >= 4 is 67.8 Å². The number of urea groups is 1. The van der Waals surface area contributed by atoms with E-state index in [2.05, 4.69) is 26.6 Å². The van der Waals surface area contributed by atoms with Crippen molar-refractivity contribution in [3.63, 3.8) is 0 Å². The number of pyridine rings is 1. The molecule has 5 heterocycles. The van der Waals surface area contributed by atoms with E-state index in [9.17, 15) is 20.0 Å². The van der Waals surface area contributed by atoms with Crippen LogP contribution in [0.2, 0.25) is 5.02 Å². The Morgan fingerprint density at radius 3 is 2.86 bits per heavy atom. The topological polar surface area (TPSA) is 140 Å². The highest BCUT2D eigenvalue weighted by molar-refractivity contribution is 7.21. The average molecular weight is 617 g/mol. The molecule has 11 nitrogen and oxygen atoms in total. The maximum absolute atomic E-state index is 13.7. The van der Waals surface area contributed by atoms with Crippen LogP contribution in [0, 0.1) is 17.2 Å². The van der Waals surface area contributed by atoms with Gasteiger partial charge in [0.1, 0.15) is 21.5 Å². The van der Waals surface area contributed by atoms with Gasteiger partial charge in [-0.05, 0) is 55.1 Å². The number of carbonyl (C=O) groups excluding carboxylic acids is 2. The Labute approximate surface area is 255 Å². The van der Waals surface area contributed by atoms with Gasteiger partial charge in [-0.3, -0.25) is 14.6 Å². The highest BCUT2D eigenvalue weighted by atomic mass is 35.5. The molecular weight excluding hydrogens is 592 g/mol. The molecule has 3 aliphatic heterocycles. The van der Waals surface area contributed by atoms with Gasteiger partial charge in [-0.25, -0.2) is 9.78 Å². The quantitative estimate of drug-likeness (QED) is 0.251. The molecule has 2 aromatic carbocycles. The Morgan fingerprint density at radius 2 is 2.07 bits per heavy atom. The van der Waals surface area contributed by atoms with Gasteiger partial charge < -0.3 is 25.2 Å². The Bertz CT molecular complexity index is 1820. The molecule has 2 aromatic heterocycles. The van der Waals surface area contributed by atoms with Crippen molar-refractivity contribution < 1.29 is 24.2 Å². The first kappa shape index (κ1) is 27.4. The summed E-state index contributed by atoms with van der Waals surface area (Å²) in [6.45, 7) is 2.81. The third-order valence-electron chi connectivity index (χ3n) is 7.84. The first-order chi connectivity index (χ1) is 20.9. The summed E-state index contributed by atoms with van der Waals surface area (Å²) >= 11 is 7.68. The summed E-state index contributed by atoms with van der Waals surface area (Å²) in [4.78, 5) is 36.0. The molecule has 1 saturated heterocycles. The van der Waals surface area contributed by atoms with Crippen LogP contribution in [0.25, 0.3) is 10.2 Å². The van der Waals surface area contributed by atoms with Crippen LogP contribution < -0.4 is 25.0 Å². The highest BCUT2D eigenvalue weighted by Crippen LogP contribution is 2.53. The fourth-order valence-corrected chi connectivity index (χ4v) is 7.08. The van der Waals surface area contributed by atoms with Gasteiger partial charge in [0, 0.05) is 31.6 Å². The molecule has 4 aromatic rings. The molecule has 3 N–H and O–H groups in total. The molecule has 1 fully saturated rings. The van der Waals surface area contributed by atoms with E-state index in [4.69, 9.17) is 21.1 Å². The average Bonchev–Trinajstić information content (AvgIpc) is 3.64. The number of amides is 3. The molecular formula is C30H25ClN6O5S. The number of carbonyl (C=O) groups is 2. The number of benzene rings is 2. The maximum atomic E-state index is 13.7. The second-order valence-corrected chi connectivity index (χ2v) is 12.0. The van der Waals surface area contributed by atoms with Crippen molar-refractivity contribution in [1.82, 2.24) is 9.88 Å². The van der Waals surface area contributed by atoms with Crippen LogP contribution in [0.5, 0.6) is 11.5 Å². The van der Waals surface area contributed by atoms with Gasteiger partial charge in [0.05, 0.1) is 27.3 Å². The number of hydrogen-bond acceptors (Lipinski definition) is 9. The molecule has 3 aliphatic rings. The van der Waals surface area contributed by atoms with Crippen LogP contribution in [0.4, 0.5) is 27.5 Å². The zero-order chi connectivity index (χ0) is 29.7. The van der Waals surface area contributed by atoms with Crippen molar-refractivity contribution in [2.45, 2.75) is 19.4 Å². The number of anilines is 4. The monoisotopic (exact) mass is 616 g/mol. The van der Waals surface area contributed by atoms with E-state index >= 15 is 0 Å². The molecule has 218 valence electrons. The van der Waals surface area contributed by atoms with E-state index in [1.54, 1.807) is 12.1 Å². The number of nitrogens with one attached hydrogen (secondary N) is 2. The van der Waals surface area contributed by atoms with E-state index in [0.29, 0.717) is 27.6 Å². The molecule has 0 aliphatic carbocycles. The second-order valence-electron chi connectivity index (χ2n) is 10.6. The molecule has 0 radical (unpaired) electrons. The minimum absolute atomic E-state index is 0.0353. The van der Waals surface area contributed by atoms with Gasteiger partial charge in [0.2, 0.25) is 6.79 Å². The van der Waals surface area contributed by atoms with E-state index in [-0.39, 0.29) is 51.7 Å². The molecule has 7 rings (SSSR count). The van der Waals surface area contributed by atoms with E-state index < -0.39 is 11.9 Å². The number of hydrogen-bond donors (Lipinski definition) is 3. The normalized spacial score (nSPS) is 17.6. The Kier molecular flexibility index (Phi) is 7.03. The van der Waals surface area contributed by atoms with Crippen molar-refractivity contribution in [2.75, 3.05) is 42.0 Å². The molecule has 0 bridgehead atoms. The third kappa shape index (κ3) is 4.80. The van der Waals surface area contributed by atoms with Crippen LogP contribution >= 0.6 is 22.9 Å². The van der Waals surface area contributed by atoms with Gasteiger partial charge in [0.25, 0.3) is 5.91 Å². The summed E-state index contributed by atoms with van der Waals surface area (Å²) in [5, 5.41) is 25.9. The lowest BCUT2D eigenvalue weighted by Crippen LogP contribution is -2.36. The van der Waals surface area contributed by atoms with Gasteiger partial charge >= 0.3 is 6.03 Å². The van der Waals surface area contributed by atoms with Crippen LogP contribution in [0.15, 0.2) is 42.6 Å². The van der Waals surface area contributed by atoms with Crippen molar-refractivity contribution in [3.8, 4) is 17.6 Å². The number of aromatic nitrogens is 1. The number of piperidine rings is 1. The molecule has 1 atom stereocenters. The van der Waals surface area contributed by atoms with Crippen LogP contribution in [-0.2, 0) is 6.54 Å². The SMILES string of the molecule is N#Cc1cnc2sc(C(=O)Nc3ccc(CN4CCCC(CO)C4)cc3)c3c2c1N(c1c(Cl)ccc2c1OCO2)C(=O)N3. The van der Waals surface area contributed by atoms with Crippen LogP contribution in [0.1, 0.15) is 33.6 Å². The zero-order valence-corrected chi connectivity index (χ0v) is 24.3. The number of rotatable bonds is 6. The lowest BCUT2D eigenvalue weighted by atomic mass is 9.98. The number of fused-ring (bicyclic) bond motifs is 1. The number of nitrogens with zero attached hydrogens (tertiary/aromatic N) is 4. The van der Waals surface area contributed by atoms with Crippen molar-refractivity contribution in [1.29, 1.82) is 5.26 Å². The van der Waals surface area contributed by atoms with Gasteiger partial charge in [-0.2, -0.15) is 5.26 Å². The largest absolute Gasteiger partial charge is 0.454 e. The number of aliphatic hydroxyl groups excluding tert-OH is 1. The number of nitriles is 1. The number of halogens is 1. The standard InChI is InChI=1S/C30H25ClN6O5S/c31-20-7-8-21-26(42-15-41-21)25(20)37-24-18(10-32)11-33-29-22(24)23(35-30(37)40)27(43-29)28(39)34-19-5-3-16(4-6-19)12-36-9-1-2-17(13-36)14-38/h3-8,11,17,38H,1-2,9,12-15H2,(H,34,39)(H,35,40). The third-order valence-corrected chi connectivity index (χ3v) is 9.25. The molecule has 0 spiro atoms. The summed E-state index contributed by atoms with van der Waals surface area (Å²) in [5.74, 6) is 0.601.